The molecule has 1 unspecified atom stereocenters. The van der Waals surface area contributed by atoms with E-state index in [2.05, 4.69) is 15.4 Å². The van der Waals surface area contributed by atoms with E-state index in [1.807, 2.05) is 0 Å². The van der Waals surface area contributed by atoms with E-state index in [0.717, 1.165) is 0 Å². The minimum Gasteiger partial charge on any atom is -0.368 e. The Balaban J connectivity index is 2.44. The van der Waals surface area contributed by atoms with Crippen LogP contribution in [0.2, 0.25) is 5.15 Å². The van der Waals surface area contributed by atoms with Crippen molar-refractivity contribution in [2.24, 2.45) is 0 Å². The molecule has 0 aliphatic heterocycles. The maximum atomic E-state index is 11.5. The van der Waals surface area contributed by atoms with Crippen LogP contribution < -0.4 is 11.3 Å². The number of aromatic nitrogens is 3. The number of H-pyrrole nitrogens is 1. The van der Waals surface area contributed by atoms with Crippen molar-refractivity contribution >= 4 is 17.5 Å². The molecule has 0 amide bonds. The van der Waals surface area contributed by atoms with E-state index in [0.29, 0.717) is 11.3 Å². The summed E-state index contributed by atoms with van der Waals surface area (Å²) in [4.78, 5) is 11.5. The number of aromatic amines is 1. The fourth-order valence-corrected chi connectivity index (χ4v) is 1.54. The Morgan fingerprint density at radius 2 is 2.31 bits per heavy atom. The SMILES string of the molecule is CC(c1cc(N)on1)c1cc(Cl)n[nH]c1=O. The van der Waals surface area contributed by atoms with Gasteiger partial charge in [-0.15, -0.1) is 0 Å². The van der Waals surface area contributed by atoms with Crippen molar-refractivity contribution in [3.8, 4) is 0 Å². The van der Waals surface area contributed by atoms with Gasteiger partial charge in [0.1, 0.15) is 5.15 Å². The molecule has 0 aliphatic rings. The first-order valence-corrected chi connectivity index (χ1v) is 4.93. The number of rotatable bonds is 2. The summed E-state index contributed by atoms with van der Waals surface area (Å²) in [7, 11) is 0. The lowest BCUT2D eigenvalue weighted by atomic mass is 10.00. The van der Waals surface area contributed by atoms with Crippen LogP contribution in [0.4, 0.5) is 5.88 Å². The van der Waals surface area contributed by atoms with E-state index in [1.54, 1.807) is 13.0 Å². The van der Waals surface area contributed by atoms with Gasteiger partial charge in [0.15, 0.2) is 0 Å². The summed E-state index contributed by atoms with van der Waals surface area (Å²) in [5.74, 6) is -0.0521. The van der Waals surface area contributed by atoms with Crippen LogP contribution in [0, 0.1) is 0 Å². The smallest absolute Gasteiger partial charge is 0.268 e. The Hall–Kier alpha value is -1.82. The molecule has 6 nitrogen and oxygen atoms in total. The molecule has 2 aromatic heterocycles. The Bertz CT molecular complexity index is 563. The number of anilines is 1. The summed E-state index contributed by atoms with van der Waals surface area (Å²) in [6, 6.07) is 3.06. The van der Waals surface area contributed by atoms with E-state index in [-0.39, 0.29) is 22.5 Å². The topological polar surface area (TPSA) is 97.8 Å². The zero-order chi connectivity index (χ0) is 11.7. The Morgan fingerprint density at radius 3 is 2.94 bits per heavy atom. The van der Waals surface area contributed by atoms with Crippen LogP contribution in [-0.2, 0) is 0 Å². The van der Waals surface area contributed by atoms with Crippen LogP contribution in [0.15, 0.2) is 21.5 Å². The number of hydrogen-bond acceptors (Lipinski definition) is 5. The van der Waals surface area contributed by atoms with Crippen molar-refractivity contribution in [2.75, 3.05) is 5.73 Å². The molecule has 2 heterocycles. The van der Waals surface area contributed by atoms with E-state index in [1.165, 1.54) is 6.07 Å². The molecule has 0 bridgehead atoms. The number of nitrogens with zero attached hydrogens (tertiary/aromatic N) is 2. The zero-order valence-electron chi connectivity index (χ0n) is 8.40. The standard InChI is InChI=1S/C9H9ClN4O2/c1-4(6-3-8(11)16-14-6)5-2-7(10)12-13-9(5)15/h2-4H,11H2,1H3,(H,13,15). The van der Waals surface area contributed by atoms with Gasteiger partial charge in [-0.05, 0) is 6.07 Å². The van der Waals surface area contributed by atoms with Gasteiger partial charge in [-0.3, -0.25) is 4.79 Å². The van der Waals surface area contributed by atoms with Gasteiger partial charge in [0.25, 0.3) is 5.56 Å². The fourth-order valence-electron chi connectivity index (χ4n) is 1.38. The summed E-state index contributed by atoms with van der Waals surface area (Å²) in [5.41, 5.74) is 6.14. The van der Waals surface area contributed by atoms with Gasteiger partial charge in [0, 0.05) is 17.5 Å². The first kappa shape index (κ1) is 10.7. The summed E-state index contributed by atoms with van der Waals surface area (Å²) in [6.45, 7) is 1.80. The van der Waals surface area contributed by atoms with E-state index in [9.17, 15) is 4.79 Å². The molecule has 0 saturated heterocycles. The minimum absolute atomic E-state index is 0.207. The van der Waals surface area contributed by atoms with Gasteiger partial charge in [-0.2, -0.15) is 5.10 Å². The first-order valence-electron chi connectivity index (χ1n) is 4.55. The molecule has 2 rings (SSSR count). The van der Waals surface area contributed by atoms with Gasteiger partial charge in [-0.1, -0.05) is 23.7 Å². The highest BCUT2D eigenvalue weighted by molar-refractivity contribution is 6.29. The summed E-state index contributed by atoms with van der Waals surface area (Å²) in [5, 5.41) is 9.85. The van der Waals surface area contributed by atoms with E-state index < -0.39 is 0 Å². The highest BCUT2D eigenvalue weighted by atomic mass is 35.5. The number of hydrogen-bond donors (Lipinski definition) is 2. The van der Waals surface area contributed by atoms with Crippen LogP contribution in [-0.4, -0.2) is 15.4 Å². The summed E-state index contributed by atoms with van der Waals surface area (Å²) < 4.78 is 4.74. The Kier molecular flexibility index (Phi) is 2.66. The lowest BCUT2D eigenvalue weighted by Gasteiger charge is -2.06. The molecule has 0 aliphatic carbocycles. The zero-order valence-corrected chi connectivity index (χ0v) is 9.15. The van der Waals surface area contributed by atoms with Gasteiger partial charge in [-0.25, -0.2) is 5.10 Å². The third kappa shape index (κ3) is 1.92. The van der Waals surface area contributed by atoms with Crippen molar-refractivity contribution in [1.29, 1.82) is 0 Å². The molecule has 0 aromatic carbocycles. The highest BCUT2D eigenvalue weighted by Crippen LogP contribution is 2.22. The second-order valence-corrected chi connectivity index (χ2v) is 3.74. The average Bonchev–Trinajstić information content (AvgIpc) is 2.67. The number of nitrogens with one attached hydrogen (secondary N) is 1. The number of nitrogen functional groups attached to an aromatic ring is 1. The lowest BCUT2D eigenvalue weighted by Crippen LogP contribution is -2.16. The van der Waals surface area contributed by atoms with Crippen LogP contribution in [0.3, 0.4) is 0 Å². The van der Waals surface area contributed by atoms with Crippen molar-refractivity contribution in [3.05, 3.63) is 38.9 Å². The maximum Gasteiger partial charge on any atom is 0.268 e. The van der Waals surface area contributed by atoms with Crippen LogP contribution in [0.1, 0.15) is 24.1 Å². The molecular weight excluding hydrogens is 232 g/mol. The molecule has 0 saturated carbocycles. The quantitative estimate of drug-likeness (QED) is 0.820. The fraction of sp³-hybridized carbons (Fsp3) is 0.222. The molecule has 7 heteroatoms. The van der Waals surface area contributed by atoms with E-state index in [4.69, 9.17) is 21.9 Å². The molecule has 3 N–H and O–H groups in total. The second kappa shape index (κ2) is 3.97. The van der Waals surface area contributed by atoms with Crippen molar-refractivity contribution in [1.82, 2.24) is 15.4 Å². The largest absolute Gasteiger partial charge is 0.368 e. The molecule has 84 valence electrons. The van der Waals surface area contributed by atoms with Gasteiger partial charge in [0.2, 0.25) is 5.88 Å². The molecule has 2 aromatic rings. The highest BCUT2D eigenvalue weighted by Gasteiger charge is 2.16. The van der Waals surface area contributed by atoms with Crippen LogP contribution in [0.5, 0.6) is 0 Å². The molecular formula is C9H9ClN4O2. The second-order valence-electron chi connectivity index (χ2n) is 3.35. The average molecular weight is 241 g/mol. The summed E-state index contributed by atoms with van der Waals surface area (Å²) in [6.07, 6.45) is 0. The Labute approximate surface area is 95.4 Å². The van der Waals surface area contributed by atoms with Crippen molar-refractivity contribution < 1.29 is 4.52 Å². The predicted molar refractivity (Wildman–Crippen MR) is 58.3 cm³/mol. The van der Waals surface area contributed by atoms with Gasteiger partial charge >= 0.3 is 0 Å². The first-order chi connectivity index (χ1) is 7.58. The molecule has 0 radical (unpaired) electrons. The molecule has 16 heavy (non-hydrogen) atoms. The van der Waals surface area contributed by atoms with Crippen molar-refractivity contribution in [3.63, 3.8) is 0 Å². The van der Waals surface area contributed by atoms with Gasteiger partial charge < -0.3 is 10.3 Å². The number of halogens is 1. The summed E-state index contributed by atoms with van der Waals surface area (Å²) >= 11 is 5.70. The van der Waals surface area contributed by atoms with Gasteiger partial charge in [0.05, 0.1) is 5.69 Å². The third-order valence-corrected chi connectivity index (χ3v) is 2.45. The van der Waals surface area contributed by atoms with Crippen LogP contribution >= 0.6 is 11.6 Å². The normalized spacial score (nSPS) is 12.6. The lowest BCUT2D eigenvalue weighted by molar-refractivity contribution is 0.425. The maximum absolute atomic E-state index is 11.5. The molecule has 1 atom stereocenters. The van der Waals surface area contributed by atoms with Crippen molar-refractivity contribution in [2.45, 2.75) is 12.8 Å². The Morgan fingerprint density at radius 1 is 1.56 bits per heavy atom. The molecule has 0 spiro atoms. The predicted octanol–water partition coefficient (Wildman–Crippen LogP) is 1.15. The molecule has 0 fully saturated rings. The van der Waals surface area contributed by atoms with Crippen LogP contribution in [0.25, 0.3) is 0 Å². The monoisotopic (exact) mass is 240 g/mol. The third-order valence-electron chi connectivity index (χ3n) is 2.26. The number of nitrogens with two attached hydrogens (primary N) is 1. The minimum atomic E-state index is -0.307. The van der Waals surface area contributed by atoms with E-state index >= 15 is 0 Å².